The molecule has 3 aromatic rings. The van der Waals surface area contributed by atoms with Crippen LogP contribution in [0, 0.1) is 0 Å². The number of amides is 1. The van der Waals surface area contributed by atoms with Gasteiger partial charge in [-0.2, -0.15) is 0 Å². The van der Waals surface area contributed by atoms with E-state index in [-0.39, 0.29) is 11.7 Å². The van der Waals surface area contributed by atoms with E-state index in [1.807, 2.05) is 12.1 Å². The zero-order valence-electron chi connectivity index (χ0n) is 16.9. The molecule has 0 bridgehead atoms. The maximum Gasteiger partial charge on any atom is 0.295 e. The first-order chi connectivity index (χ1) is 14.5. The minimum absolute atomic E-state index is 0.255. The molecule has 6 nitrogen and oxygen atoms in total. The minimum atomic E-state index is -2.67. The Balaban J connectivity index is 1.37. The molecule has 2 heterocycles. The number of likely N-dealkylation sites (N-methyl/N-ethyl adjacent to an activating group) is 1. The first-order valence-corrected chi connectivity index (χ1v) is 10.0. The lowest BCUT2D eigenvalue weighted by molar-refractivity contribution is 0.0951. The van der Waals surface area contributed by atoms with E-state index >= 15 is 0 Å². The number of halogens is 2. The molecule has 1 amide bonds. The summed E-state index contributed by atoms with van der Waals surface area (Å²) in [6.07, 6.45) is -2.67. The number of aromatic nitrogens is 2. The molecule has 1 aliphatic heterocycles. The van der Waals surface area contributed by atoms with Gasteiger partial charge >= 0.3 is 0 Å². The van der Waals surface area contributed by atoms with Crippen LogP contribution in [-0.2, 0) is 13.1 Å². The molecule has 158 valence electrons. The summed E-state index contributed by atoms with van der Waals surface area (Å²) < 4.78 is 25.6. The van der Waals surface area contributed by atoms with E-state index in [1.54, 1.807) is 18.2 Å². The smallest absolute Gasteiger partial charge is 0.295 e. The number of carbonyl (C=O) groups is 1. The molecular weight excluding hydrogens is 388 g/mol. The van der Waals surface area contributed by atoms with Crippen molar-refractivity contribution in [2.75, 3.05) is 33.2 Å². The summed E-state index contributed by atoms with van der Waals surface area (Å²) in [7, 11) is 2.14. The van der Waals surface area contributed by atoms with Crippen LogP contribution in [0.25, 0.3) is 11.0 Å². The normalized spacial score (nSPS) is 15.7. The highest BCUT2D eigenvalue weighted by Crippen LogP contribution is 2.20. The first-order valence-electron chi connectivity index (χ1n) is 10.0. The van der Waals surface area contributed by atoms with Crippen LogP contribution in [0.5, 0.6) is 0 Å². The Morgan fingerprint density at radius 2 is 1.90 bits per heavy atom. The molecule has 0 radical (unpaired) electrons. The molecule has 1 fully saturated rings. The van der Waals surface area contributed by atoms with Crippen molar-refractivity contribution in [3.05, 3.63) is 65.0 Å². The average molecular weight is 413 g/mol. The van der Waals surface area contributed by atoms with Crippen LogP contribution < -0.4 is 5.32 Å². The summed E-state index contributed by atoms with van der Waals surface area (Å²) >= 11 is 0. The summed E-state index contributed by atoms with van der Waals surface area (Å²) in [5, 5.41) is 2.90. The van der Waals surface area contributed by atoms with Crippen molar-refractivity contribution in [2.24, 2.45) is 0 Å². The van der Waals surface area contributed by atoms with Crippen LogP contribution in [-0.4, -0.2) is 58.9 Å². The van der Waals surface area contributed by atoms with Crippen LogP contribution in [0.3, 0.4) is 0 Å². The largest absolute Gasteiger partial charge is 0.348 e. The number of benzene rings is 2. The third-order valence-corrected chi connectivity index (χ3v) is 5.42. The lowest BCUT2D eigenvalue weighted by Crippen LogP contribution is -2.43. The molecule has 1 saturated heterocycles. The van der Waals surface area contributed by atoms with Crippen molar-refractivity contribution in [3.8, 4) is 0 Å². The number of alkyl halides is 2. The molecule has 2 aromatic carbocycles. The van der Waals surface area contributed by atoms with E-state index in [9.17, 15) is 13.6 Å². The number of nitrogens with zero attached hydrogens (tertiary/aromatic N) is 3. The monoisotopic (exact) mass is 413 g/mol. The van der Waals surface area contributed by atoms with E-state index in [2.05, 4.69) is 44.3 Å². The number of fused-ring (bicyclic) bond motifs is 1. The van der Waals surface area contributed by atoms with Crippen LogP contribution in [0.15, 0.2) is 42.5 Å². The average Bonchev–Trinajstić information content (AvgIpc) is 3.18. The molecule has 0 atom stereocenters. The second-order valence-corrected chi connectivity index (χ2v) is 7.74. The third kappa shape index (κ3) is 4.83. The van der Waals surface area contributed by atoms with Gasteiger partial charge in [-0.05, 0) is 36.4 Å². The molecule has 1 aliphatic rings. The SMILES string of the molecule is CN1CCN(Cc2cccc(CNC(=O)c3ccc4nc(C(F)F)[nH]c4c3)c2)CC1. The molecule has 4 rings (SSSR count). The highest BCUT2D eigenvalue weighted by molar-refractivity contribution is 5.97. The van der Waals surface area contributed by atoms with E-state index < -0.39 is 6.43 Å². The van der Waals surface area contributed by atoms with Crippen molar-refractivity contribution in [1.82, 2.24) is 25.1 Å². The van der Waals surface area contributed by atoms with Crippen molar-refractivity contribution < 1.29 is 13.6 Å². The Labute approximate surface area is 173 Å². The third-order valence-electron chi connectivity index (χ3n) is 5.42. The van der Waals surface area contributed by atoms with Gasteiger partial charge in [0.2, 0.25) is 0 Å². The van der Waals surface area contributed by atoms with Gasteiger partial charge in [0.1, 0.15) is 0 Å². The molecule has 0 aliphatic carbocycles. The summed E-state index contributed by atoms with van der Waals surface area (Å²) in [4.78, 5) is 23.7. The number of piperazine rings is 1. The second-order valence-electron chi connectivity index (χ2n) is 7.74. The lowest BCUT2D eigenvalue weighted by Gasteiger charge is -2.32. The second kappa shape index (κ2) is 8.89. The van der Waals surface area contributed by atoms with Crippen LogP contribution in [0.1, 0.15) is 33.7 Å². The molecule has 8 heteroatoms. The Kier molecular flexibility index (Phi) is 6.06. The van der Waals surface area contributed by atoms with E-state index in [4.69, 9.17) is 0 Å². The number of H-pyrrole nitrogens is 1. The predicted octanol–water partition coefficient (Wildman–Crippen LogP) is 3.18. The fourth-order valence-electron chi connectivity index (χ4n) is 3.66. The topological polar surface area (TPSA) is 64.3 Å². The van der Waals surface area contributed by atoms with Gasteiger partial charge in [0, 0.05) is 44.8 Å². The molecule has 0 unspecified atom stereocenters. The quantitative estimate of drug-likeness (QED) is 0.652. The van der Waals surface area contributed by atoms with Crippen LogP contribution in [0.2, 0.25) is 0 Å². The Hall–Kier alpha value is -2.84. The number of nitrogens with one attached hydrogen (secondary N) is 2. The lowest BCUT2D eigenvalue weighted by atomic mass is 10.1. The standard InChI is InChI=1S/C22H25F2N5O/c1-28-7-9-29(10-8-28)14-16-4-2-3-15(11-16)13-25-22(30)17-5-6-18-19(12-17)27-21(26-18)20(23)24/h2-6,11-12,20H,7-10,13-14H2,1H3,(H,25,30)(H,26,27). The number of rotatable bonds is 6. The summed E-state index contributed by atoms with van der Waals surface area (Å²) in [5.74, 6) is -0.644. The molecule has 1 aromatic heterocycles. The van der Waals surface area contributed by atoms with E-state index in [0.29, 0.717) is 23.1 Å². The summed E-state index contributed by atoms with van der Waals surface area (Å²) in [6, 6.07) is 12.9. The number of aromatic amines is 1. The number of hydrogen-bond acceptors (Lipinski definition) is 4. The zero-order valence-corrected chi connectivity index (χ0v) is 16.9. The summed E-state index contributed by atoms with van der Waals surface area (Å²) in [6.45, 7) is 5.57. The van der Waals surface area contributed by atoms with Crippen molar-refractivity contribution in [2.45, 2.75) is 19.5 Å². The van der Waals surface area contributed by atoms with Gasteiger partial charge in [-0.25, -0.2) is 13.8 Å². The van der Waals surface area contributed by atoms with Crippen LogP contribution in [0.4, 0.5) is 8.78 Å². The van der Waals surface area contributed by atoms with Gasteiger partial charge in [0.25, 0.3) is 12.3 Å². The molecular formula is C22H25F2N5O. The summed E-state index contributed by atoms with van der Waals surface area (Å²) in [5.41, 5.74) is 3.49. The van der Waals surface area contributed by atoms with Crippen molar-refractivity contribution in [1.29, 1.82) is 0 Å². The Morgan fingerprint density at radius 1 is 1.13 bits per heavy atom. The molecule has 0 saturated carbocycles. The maximum absolute atomic E-state index is 12.8. The minimum Gasteiger partial charge on any atom is -0.348 e. The highest BCUT2D eigenvalue weighted by atomic mass is 19.3. The van der Waals surface area contributed by atoms with Crippen molar-refractivity contribution in [3.63, 3.8) is 0 Å². The van der Waals surface area contributed by atoms with Gasteiger partial charge < -0.3 is 15.2 Å². The number of hydrogen-bond donors (Lipinski definition) is 2. The fourth-order valence-corrected chi connectivity index (χ4v) is 3.66. The van der Waals surface area contributed by atoms with Gasteiger partial charge in [0.05, 0.1) is 11.0 Å². The first kappa shape index (κ1) is 20.4. The Bertz CT molecular complexity index is 1030. The Morgan fingerprint density at radius 3 is 2.67 bits per heavy atom. The molecule has 0 spiro atoms. The van der Waals surface area contributed by atoms with E-state index in [1.165, 1.54) is 5.56 Å². The molecule has 2 N–H and O–H groups in total. The van der Waals surface area contributed by atoms with Crippen LogP contribution >= 0.6 is 0 Å². The van der Waals surface area contributed by atoms with Gasteiger partial charge in [0.15, 0.2) is 5.82 Å². The zero-order chi connectivity index (χ0) is 21.1. The maximum atomic E-state index is 12.8. The van der Waals surface area contributed by atoms with Crippen molar-refractivity contribution >= 4 is 16.9 Å². The predicted molar refractivity (Wildman–Crippen MR) is 111 cm³/mol. The van der Waals surface area contributed by atoms with Gasteiger partial charge in [-0.15, -0.1) is 0 Å². The van der Waals surface area contributed by atoms with Gasteiger partial charge in [-0.1, -0.05) is 24.3 Å². The number of imidazole rings is 1. The highest BCUT2D eigenvalue weighted by Gasteiger charge is 2.15. The van der Waals surface area contributed by atoms with Gasteiger partial charge in [-0.3, -0.25) is 9.69 Å². The fraction of sp³-hybridized carbons (Fsp3) is 0.364. The molecule has 30 heavy (non-hydrogen) atoms. The number of carbonyl (C=O) groups excluding carboxylic acids is 1. The van der Waals surface area contributed by atoms with E-state index in [0.717, 1.165) is 38.3 Å².